The van der Waals surface area contributed by atoms with Crippen LogP contribution >= 0.6 is 0 Å². The lowest BCUT2D eigenvalue weighted by atomic mass is 10.0. The van der Waals surface area contributed by atoms with Crippen molar-refractivity contribution in [3.63, 3.8) is 0 Å². The van der Waals surface area contributed by atoms with Crippen LogP contribution in [0.2, 0.25) is 0 Å². The molecule has 2 N–H and O–H groups in total. The second kappa shape index (κ2) is 8.48. The highest BCUT2D eigenvalue weighted by Gasteiger charge is 2.19. The minimum atomic E-state index is 0.0377. The largest absolute Gasteiger partial charge is 0.379 e. The first kappa shape index (κ1) is 14.5. The average molecular weight is 242 g/mol. The molecule has 0 aromatic rings. The molecule has 0 bridgehead atoms. The van der Waals surface area contributed by atoms with Gasteiger partial charge < -0.3 is 15.4 Å². The Kier molecular flexibility index (Phi) is 7.21. The fraction of sp³-hybridized carbons (Fsp3) is 0.923. The Labute approximate surface area is 104 Å². The van der Waals surface area contributed by atoms with Gasteiger partial charge in [-0.15, -0.1) is 0 Å². The first-order valence-corrected chi connectivity index (χ1v) is 6.83. The maximum atomic E-state index is 11.7. The normalized spacial score (nSPS) is 20.5. The molecule has 0 radical (unpaired) electrons. The molecule has 1 aliphatic heterocycles. The van der Waals surface area contributed by atoms with Crippen molar-refractivity contribution in [1.82, 2.24) is 10.6 Å². The van der Waals surface area contributed by atoms with Gasteiger partial charge in [0.1, 0.15) is 0 Å². The monoisotopic (exact) mass is 242 g/mol. The van der Waals surface area contributed by atoms with Gasteiger partial charge in [-0.1, -0.05) is 6.42 Å². The summed E-state index contributed by atoms with van der Waals surface area (Å²) in [6, 6.07) is 0.0377. The predicted molar refractivity (Wildman–Crippen MR) is 69.0 cm³/mol. The van der Waals surface area contributed by atoms with Crippen molar-refractivity contribution in [2.75, 3.05) is 19.7 Å². The number of nitrogens with one attached hydrogen (secondary N) is 2. The second-order valence-corrected chi connectivity index (χ2v) is 4.92. The number of ether oxygens (including phenoxy) is 1. The van der Waals surface area contributed by atoms with Crippen molar-refractivity contribution in [1.29, 1.82) is 0 Å². The standard InChI is InChI=1S/C13H26N2O2/c1-11(2)17-10-6-5-9-15-13(16)12-7-3-4-8-14-12/h11-12,14H,3-10H2,1-2H3,(H,15,16)/t12-/m1/s1. The minimum absolute atomic E-state index is 0.0377. The van der Waals surface area contributed by atoms with Gasteiger partial charge in [-0.25, -0.2) is 0 Å². The third-order valence-electron chi connectivity index (χ3n) is 2.95. The Hall–Kier alpha value is -0.610. The molecule has 100 valence electrons. The average Bonchev–Trinajstić information content (AvgIpc) is 2.34. The number of hydrogen-bond donors (Lipinski definition) is 2. The van der Waals surface area contributed by atoms with Gasteiger partial charge in [0.2, 0.25) is 5.91 Å². The fourth-order valence-electron chi connectivity index (χ4n) is 1.96. The summed E-state index contributed by atoms with van der Waals surface area (Å²) in [6.07, 6.45) is 5.63. The zero-order valence-corrected chi connectivity index (χ0v) is 11.1. The lowest BCUT2D eigenvalue weighted by Crippen LogP contribution is -2.46. The van der Waals surface area contributed by atoms with Crippen LogP contribution in [-0.2, 0) is 9.53 Å². The van der Waals surface area contributed by atoms with Crippen molar-refractivity contribution < 1.29 is 9.53 Å². The molecule has 1 amide bonds. The molecule has 0 spiro atoms. The van der Waals surface area contributed by atoms with Crippen LogP contribution in [0.4, 0.5) is 0 Å². The zero-order valence-electron chi connectivity index (χ0n) is 11.1. The highest BCUT2D eigenvalue weighted by atomic mass is 16.5. The summed E-state index contributed by atoms with van der Waals surface area (Å²) < 4.78 is 5.44. The Bertz CT molecular complexity index is 213. The molecule has 1 saturated heterocycles. The highest BCUT2D eigenvalue weighted by Crippen LogP contribution is 2.06. The van der Waals surface area contributed by atoms with E-state index in [1.807, 2.05) is 13.8 Å². The van der Waals surface area contributed by atoms with Gasteiger partial charge >= 0.3 is 0 Å². The molecule has 1 fully saturated rings. The van der Waals surface area contributed by atoms with E-state index in [1.54, 1.807) is 0 Å². The molecule has 0 aromatic carbocycles. The van der Waals surface area contributed by atoms with E-state index in [4.69, 9.17) is 4.74 Å². The van der Waals surface area contributed by atoms with Gasteiger partial charge in [-0.05, 0) is 46.1 Å². The number of piperidine rings is 1. The number of amides is 1. The van der Waals surface area contributed by atoms with Crippen LogP contribution in [0.1, 0.15) is 46.0 Å². The van der Waals surface area contributed by atoms with Crippen LogP contribution in [0, 0.1) is 0 Å². The molecular weight excluding hydrogens is 216 g/mol. The summed E-state index contributed by atoms with van der Waals surface area (Å²) in [5.74, 6) is 0.162. The topological polar surface area (TPSA) is 50.4 Å². The SMILES string of the molecule is CC(C)OCCCCNC(=O)[C@H]1CCCCN1. The van der Waals surface area contributed by atoms with Gasteiger partial charge in [-0.3, -0.25) is 4.79 Å². The lowest BCUT2D eigenvalue weighted by Gasteiger charge is -2.22. The van der Waals surface area contributed by atoms with Crippen LogP contribution in [0.25, 0.3) is 0 Å². The number of unbranched alkanes of at least 4 members (excludes halogenated alkanes) is 1. The minimum Gasteiger partial charge on any atom is -0.379 e. The van der Waals surface area contributed by atoms with Crippen LogP contribution in [0.5, 0.6) is 0 Å². The van der Waals surface area contributed by atoms with Crippen molar-refractivity contribution in [2.45, 2.75) is 58.1 Å². The smallest absolute Gasteiger partial charge is 0.237 e. The molecule has 0 aliphatic carbocycles. The summed E-state index contributed by atoms with van der Waals surface area (Å²) in [5, 5.41) is 6.23. The Morgan fingerprint density at radius 2 is 2.24 bits per heavy atom. The quantitative estimate of drug-likeness (QED) is 0.664. The second-order valence-electron chi connectivity index (χ2n) is 4.92. The molecule has 1 heterocycles. The van der Waals surface area contributed by atoms with Crippen LogP contribution < -0.4 is 10.6 Å². The van der Waals surface area contributed by atoms with E-state index >= 15 is 0 Å². The number of carbonyl (C=O) groups is 1. The number of hydrogen-bond acceptors (Lipinski definition) is 3. The Morgan fingerprint density at radius 1 is 1.41 bits per heavy atom. The third-order valence-corrected chi connectivity index (χ3v) is 2.95. The van der Waals surface area contributed by atoms with E-state index in [0.717, 1.165) is 45.4 Å². The molecule has 17 heavy (non-hydrogen) atoms. The van der Waals surface area contributed by atoms with E-state index in [2.05, 4.69) is 10.6 Å². The molecule has 0 saturated carbocycles. The van der Waals surface area contributed by atoms with Gasteiger partial charge in [-0.2, -0.15) is 0 Å². The molecular formula is C13H26N2O2. The van der Waals surface area contributed by atoms with Crippen molar-refractivity contribution in [3.05, 3.63) is 0 Å². The molecule has 0 unspecified atom stereocenters. The van der Waals surface area contributed by atoms with Crippen LogP contribution in [0.15, 0.2) is 0 Å². The van der Waals surface area contributed by atoms with Gasteiger partial charge in [0, 0.05) is 13.2 Å². The first-order valence-electron chi connectivity index (χ1n) is 6.83. The van der Waals surface area contributed by atoms with Crippen molar-refractivity contribution in [3.8, 4) is 0 Å². The van der Waals surface area contributed by atoms with E-state index in [1.165, 1.54) is 6.42 Å². The molecule has 1 rings (SSSR count). The highest BCUT2D eigenvalue weighted by molar-refractivity contribution is 5.81. The van der Waals surface area contributed by atoms with Crippen molar-refractivity contribution in [2.24, 2.45) is 0 Å². The van der Waals surface area contributed by atoms with Crippen molar-refractivity contribution >= 4 is 5.91 Å². The zero-order chi connectivity index (χ0) is 12.5. The maximum Gasteiger partial charge on any atom is 0.237 e. The molecule has 1 atom stereocenters. The third kappa shape index (κ3) is 6.64. The van der Waals surface area contributed by atoms with Crippen LogP contribution in [-0.4, -0.2) is 37.7 Å². The molecule has 1 aliphatic rings. The van der Waals surface area contributed by atoms with E-state index in [9.17, 15) is 4.79 Å². The first-order chi connectivity index (χ1) is 8.20. The number of carbonyl (C=O) groups excluding carboxylic acids is 1. The van der Waals surface area contributed by atoms with Crippen LogP contribution in [0.3, 0.4) is 0 Å². The fourth-order valence-corrected chi connectivity index (χ4v) is 1.96. The molecule has 4 heteroatoms. The Morgan fingerprint density at radius 3 is 2.88 bits per heavy atom. The predicted octanol–water partition coefficient (Wildman–Crippen LogP) is 1.45. The van der Waals surface area contributed by atoms with Gasteiger partial charge in [0.05, 0.1) is 12.1 Å². The summed E-state index contributed by atoms with van der Waals surface area (Å²) in [6.45, 7) is 6.60. The van der Waals surface area contributed by atoms with E-state index in [-0.39, 0.29) is 11.9 Å². The summed E-state index contributed by atoms with van der Waals surface area (Å²) in [5.41, 5.74) is 0. The Balaban J connectivity index is 1.96. The van der Waals surface area contributed by atoms with Gasteiger partial charge in [0.25, 0.3) is 0 Å². The maximum absolute atomic E-state index is 11.7. The van der Waals surface area contributed by atoms with E-state index in [0.29, 0.717) is 6.10 Å². The van der Waals surface area contributed by atoms with E-state index < -0.39 is 0 Å². The summed E-state index contributed by atoms with van der Waals surface area (Å²) in [7, 11) is 0. The number of rotatable bonds is 7. The summed E-state index contributed by atoms with van der Waals surface area (Å²) >= 11 is 0. The molecule has 4 nitrogen and oxygen atoms in total. The van der Waals surface area contributed by atoms with Gasteiger partial charge in [0.15, 0.2) is 0 Å². The lowest BCUT2D eigenvalue weighted by molar-refractivity contribution is -0.123. The summed E-state index contributed by atoms with van der Waals surface area (Å²) in [4.78, 5) is 11.7. The molecule has 0 aromatic heterocycles.